The van der Waals surface area contributed by atoms with E-state index in [0.29, 0.717) is 12.1 Å². The summed E-state index contributed by atoms with van der Waals surface area (Å²) in [6.07, 6.45) is -5.00. The van der Waals surface area contributed by atoms with Crippen LogP contribution in [0.15, 0.2) is 45.0 Å². The van der Waals surface area contributed by atoms with Gasteiger partial charge >= 0.3 is 6.18 Å². The third kappa shape index (κ3) is 3.80. The molecule has 0 unspecified atom stereocenters. The quantitative estimate of drug-likeness (QED) is 0.728. The van der Waals surface area contributed by atoms with Crippen LogP contribution in [0.2, 0.25) is 5.02 Å². The van der Waals surface area contributed by atoms with Crippen LogP contribution >= 0.6 is 11.6 Å². The van der Waals surface area contributed by atoms with Gasteiger partial charge in [0.05, 0.1) is 31.0 Å². The first-order chi connectivity index (χ1) is 11.7. The van der Waals surface area contributed by atoms with Crippen LogP contribution in [0, 0.1) is 6.92 Å². The highest BCUT2D eigenvalue weighted by molar-refractivity contribution is 7.91. The van der Waals surface area contributed by atoms with Gasteiger partial charge in [0.15, 0.2) is 0 Å². The number of alkyl halides is 3. The second-order valence-corrected chi connectivity index (χ2v) is 9.20. The number of hydrogen-bond donors (Lipinski definition) is 2. The van der Waals surface area contributed by atoms with E-state index in [-0.39, 0.29) is 15.5 Å². The summed E-state index contributed by atoms with van der Waals surface area (Å²) >= 11 is 5.69. The summed E-state index contributed by atoms with van der Waals surface area (Å²) in [5, 5.41) is 4.62. The van der Waals surface area contributed by atoms with Gasteiger partial charge in [-0.25, -0.2) is 22.0 Å². The fourth-order valence-corrected chi connectivity index (χ4v) is 4.81. The number of rotatable bonds is 3. The number of aryl methyl sites for hydroxylation is 1. The summed E-state index contributed by atoms with van der Waals surface area (Å²) in [4.78, 5) is -1.98. The van der Waals surface area contributed by atoms with Crippen LogP contribution in [-0.2, 0) is 26.0 Å². The van der Waals surface area contributed by atoms with E-state index in [1.54, 1.807) is 0 Å². The first-order valence-corrected chi connectivity index (χ1v) is 10.1. The normalized spacial score (nSPS) is 13.0. The summed E-state index contributed by atoms with van der Waals surface area (Å²) in [5.74, 6) is 0. The van der Waals surface area contributed by atoms with Crippen LogP contribution in [0.3, 0.4) is 0 Å². The first kappa shape index (κ1) is 20.5. The summed E-state index contributed by atoms with van der Waals surface area (Å²) in [5.41, 5.74) is 3.40. The number of benzene rings is 2. The van der Waals surface area contributed by atoms with E-state index < -0.39 is 47.1 Å². The topological polar surface area (TPSA) is 120 Å². The maximum Gasteiger partial charge on any atom is 0.417 e. The van der Waals surface area contributed by atoms with Crippen molar-refractivity contribution < 1.29 is 30.0 Å². The van der Waals surface area contributed by atoms with E-state index in [9.17, 15) is 30.0 Å². The highest BCUT2D eigenvalue weighted by Gasteiger charge is 2.38. The van der Waals surface area contributed by atoms with Gasteiger partial charge in [-0.3, -0.25) is 0 Å². The molecule has 0 saturated heterocycles. The van der Waals surface area contributed by atoms with Crippen LogP contribution in [0.25, 0.3) is 0 Å². The molecule has 0 aliphatic heterocycles. The zero-order valence-electron chi connectivity index (χ0n) is 13.0. The standard InChI is InChI=1S/C14H12ClF3N2O4S2/c1-7-4-8(2-3-12(7)26(20,23)24)25(21,22)13-6-10(15)11(19)5-9(13)14(16,17)18/h2-6H,19H2,1H3,(H2,20,23,24). The number of hydrogen-bond acceptors (Lipinski definition) is 5. The van der Waals surface area contributed by atoms with Gasteiger partial charge in [-0.2, -0.15) is 13.2 Å². The van der Waals surface area contributed by atoms with Crippen molar-refractivity contribution in [2.24, 2.45) is 5.14 Å². The third-order valence-corrected chi connectivity index (χ3v) is 6.65. The lowest BCUT2D eigenvalue weighted by molar-refractivity contribution is -0.139. The Kier molecular flexibility index (Phi) is 5.05. The van der Waals surface area contributed by atoms with Crippen molar-refractivity contribution >= 4 is 37.1 Å². The molecule has 12 heteroatoms. The van der Waals surface area contributed by atoms with Gasteiger partial charge in [0, 0.05) is 0 Å². The number of sulfonamides is 1. The van der Waals surface area contributed by atoms with Gasteiger partial charge < -0.3 is 5.73 Å². The Morgan fingerprint density at radius 1 is 1.00 bits per heavy atom. The molecular weight excluding hydrogens is 417 g/mol. The summed E-state index contributed by atoms with van der Waals surface area (Å²) in [6, 6.07) is 3.72. The predicted molar refractivity (Wildman–Crippen MR) is 88.9 cm³/mol. The lowest BCUT2D eigenvalue weighted by Crippen LogP contribution is -2.16. The fourth-order valence-electron chi connectivity index (χ4n) is 2.25. The van der Waals surface area contributed by atoms with Crippen molar-refractivity contribution in [2.75, 3.05) is 5.73 Å². The second kappa shape index (κ2) is 6.41. The Balaban J connectivity index is 2.77. The van der Waals surface area contributed by atoms with E-state index in [1.807, 2.05) is 0 Å². The van der Waals surface area contributed by atoms with Crippen molar-refractivity contribution in [2.45, 2.75) is 27.8 Å². The second-order valence-electron chi connectivity index (χ2n) is 5.34. The van der Waals surface area contributed by atoms with Crippen molar-refractivity contribution in [3.63, 3.8) is 0 Å². The molecular formula is C14H12ClF3N2O4S2. The van der Waals surface area contributed by atoms with Crippen LogP contribution in [0.4, 0.5) is 18.9 Å². The van der Waals surface area contributed by atoms with Crippen molar-refractivity contribution in [1.82, 2.24) is 0 Å². The van der Waals surface area contributed by atoms with Crippen LogP contribution in [-0.4, -0.2) is 16.8 Å². The SMILES string of the molecule is Cc1cc(S(=O)(=O)c2cc(Cl)c(N)cc2C(F)(F)F)ccc1S(N)(=O)=O. The molecule has 0 saturated carbocycles. The molecule has 4 N–H and O–H groups in total. The van der Waals surface area contributed by atoms with Crippen molar-refractivity contribution in [3.8, 4) is 0 Å². The summed E-state index contributed by atoms with van der Waals surface area (Å²) < 4.78 is 87.9. The lowest BCUT2D eigenvalue weighted by atomic mass is 10.2. The van der Waals surface area contributed by atoms with E-state index in [0.717, 1.165) is 18.2 Å². The summed E-state index contributed by atoms with van der Waals surface area (Å²) in [7, 11) is -8.79. The molecule has 0 radical (unpaired) electrons. The highest BCUT2D eigenvalue weighted by atomic mass is 35.5. The first-order valence-electron chi connectivity index (χ1n) is 6.70. The van der Waals surface area contributed by atoms with E-state index in [4.69, 9.17) is 22.5 Å². The smallest absolute Gasteiger partial charge is 0.398 e. The Labute approximate surface area is 152 Å². The molecule has 0 fully saturated rings. The van der Waals surface area contributed by atoms with Gasteiger partial charge in [-0.1, -0.05) is 11.6 Å². The number of primary sulfonamides is 1. The Bertz CT molecular complexity index is 1100. The van der Waals surface area contributed by atoms with Crippen LogP contribution < -0.4 is 10.9 Å². The molecule has 2 aromatic rings. The number of nitrogens with two attached hydrogens (primary N) is 2. The summed E-state index contributed by atoms with van der Waals surface area (Å²) in [6.45, 7) is 1.26. The molecule has 0 heterocycles. The Morgan fingerprint density at radius 2 is 1.58 bits per heavy atom. The van der Waals surface area contributed by atoms with Crippen LogP contribution in [0.1, 0.15) is 11.1 Å². The molecule has 0 aliphatic rings. The molecule has 6 nitrogen and oxygen atoms in total. The highest BCUT2D eigenvalue weighted by Crippen LogP contribution is 2.40. The molecule has 0 atom stereocenters. The maximum absolute atomic E-state index is 13.2. The Hall–Kier alpha value is -1.82. The lowest BCUT2D eigenvalue weighted by Gasteiger charge is -2.15. The van der Waals surface area contributed by atoms with E-state index in [2.05, 4.69) is 0 Å². The van der Waals surface area contributed by atoms with E-state index >= 15 is 0 Å². The minimum Gasteiger partial charge on any atom is -0.398 e. The maximum atomic E-state index is 13.2. The monoisotopic (exact) mass is 428 g/mol. The third-order valence-electron chi connectivity index (χ3n) is 3.46. The van der Waals surface area contributed by atoms with Crippen LogP contribution in [0.5, 0.6) is 0 Å². The molecule has 0 aliphatic carbocycles. The molecule has 0 amide bonds. The number of sulfone groups is 1. The zero-order chi connectivity index (χ0) is 20.1. The Morgan fingerprint density at radius 3 is 2.04 bits per heavy atom. The van der Waals surface area contributed by atoms with Gasteiger partial charge in [-0.05, 0) is 42.8 Å². The average molecular weight is 429 g/mol. The predicted octanol–water partition coefficient (Wildman–Crippen LogP) is 2.73. The van der Waals surface area contributed by atoms with Gasteiger partial charge in [0.2, 0.25) is 19.9 Å². The van der Waals surface area contributed by atoms with Gasteiger partial charge in [0.25, 0.3) is 0 Å². The van der Waals surface area contributed by atoms with Crippen molar-refractivity contribution in [1.29, 1.82) is 0 Å². The van der Waals surface area contributed by atoms with Gasteiger partial charge in [0.1, 0.15) is 0 Å². The zero-order valence-corrected chi connectivity index (χ0v) is 15.4. The molecule has 26 heavy (non-hydrogen) atoms. The minimum atomic E-state index is -5.00. The average Bonchev–Trinajstić information content (AvgIpc) is 2.46. The number of anilines is 1. The molecule has 0 bridgehead atoms. The fraction of sp³-hybridized carbons (Fsp3) is 0.143. The number of nitrogen functional groups attached to an aromatic ring is 1. The minimum absolute atomic E-state index is 0.0383. The number of halogens is 4. The molecule has 0 aromatic heterocycles. The molecule has 0 spiro atoms. The molecule has 2 aromatic carbocycles. The van der Waals surface area contributed by atoms with Gasteiger partial charge in [-0.15, -0.1) is 0 Å². The van der Waals surface area contributed by atoms with Crippen molar-refractivity contribution in [3.05, 3.63) is 46.5 Å². The van der Waals surface area contributed by atoms with E-state index in [1.165, 1.54) is 6.92 Å². The molecule has 142 valence electrons. The molecule has 2 rings (SSSR count). The largest absolute Gasteiger partial charge is 0.417 e.